The summed E-state index contributed by atoms with van der Waals surface area (Å²) < 4.78 is 9.64. The Balaban J connectivity index is 4.89. The van der Waals surface area contributed by atoms with Crippen LogP contribution in [0.2, 0.25) is 0 Å². The summed E-state index contributed by atoms with van der Waals surface area (Å²) in [5.74, 6) is 4.68. The molecule has 0 bridgehead atoms. The van der Waals surface area contributed by atoms with Crippen LogP contribution in [-0.2, 0) is 19.1 Å². The van der Waals surface area contributed by atoms with Crippen LogP contribution in [-0.4, -0.2) is 32.4 Å². The molecule has 0 aromatic carbocycles. The summed E-state index contributed by atoms with van der Waals surface area (Å²) in [7, 11) is 2.79. The fourth-order valence-electron chi connectivity index (χ4n) is 1.58. The number of rotatable bonds is 5. The van der Waals surface area contributed by atoms with Gasteiger partial charge < -0.3 is 9.47 Å². The second-order valence-corrected chi connectivity index (χ2v) is 4.77. The van der Waals surface area contributed by atoms with Gasteiger partial charge in [0.2, 0.25) is 5.60 Å². The summed E-state index contributed by atoms with van der Waals surface area (Å²) in [6, 6.07) is 0. The third-order valence-corrected chi connectivity index (χ3v) is 1.98. The number of hydrogen-bond acceptors (Lipinski definition) is 5. The zero-order valence-electron chi connectivity index (χ0n) is 10.1. The minimum atomic E-state index is -1.22. The molecule has 90 valence electrons. The minimum Gasteiger partial charge on any atom is -0.467 e. The van der Waals surface area contributed by atoms with E-state index >= 15 is 0 Å². The SMILES string of the molecule is COC[C@](CC(C)(C)C)(ON)C(=O)OC. The van der Waals surface area contributed by atoms with Gasteiger partial charge in [0.25, 0.3) is 0 Å². The lowest BCUT2D eigenvalue weighted by atomic mass is 9.82. The normalized spacial score (nSPS) is 15.9. The molecule has 0 aliphatic carbocycles. The van der Waals surface area contributed by atoms with Crippen molar-refractivity contribution in [3.8, 4) is 0 Å². The molecule has 1 atom stereocenters. The first-order valence-electron chi connectivity index (χ1n) is 4.76. The van der Waals surface area contributed by atoms with Gasteiger partial charge in [0, 0.05) is 7.11 Å². The van der Waals surface area contributed by atoms with Crippen LogP contribution < -0.4 is 5.90 Å². The van der Waals surface area contributed by atoms with Crippen molar-refractivity contribution < 1.29 is 19.1 Å². The van der Waals surface area contributed by atoms with Gasteiger partial charge in [-0.05, 0) is 11.8 Å². The summed E-state index contributed by atoms with van der Waals surface area (Å²) in [6.45, 7) is 6.03. The molecular formula is C10H21NO4. The molecule has 0 rings (SSSR count). The van der Waals surface area contributed by atoms with Crippen LogP contribution in [0.25, 0.3) is 0 Å². The van der Waals surface area contributed by atoms with E-state index in [1.54, 1.807) is 0 Å². The van der Waals surface area contributed by atoms with E-state index in [2.05, 4.69) is 4.74 Å². The van der Waals surface area contributed by atoms with E-state index in [9.17, 15) is 4.79 Å². The molecule has 5 nitrogen and oxygen atoms in total. The highest BCUT2D eigenvalue weighted by atomic mass is 16.7. The van der Waals surface area contributed by atoms with Crippen molar-refractivity contribution in [1.29, 1.82) is 0 Å². The van der Waals surface area contributed by atoms with Crippen molar-refractivity contribution in [2.24, 2.45) is 11.3 Å². The molecule has 0 radical (unpaired) electrons. The molecule has 0 unspecified atom stereocenters. The van der Waals surface area contributed by atoms with Crippen molar-refractivity contribution in [3.05, 3.63) is 0 Å². The Hall–Kier alpha value is -0.650. The predicted molar refractivity (Wildman–Crippen MR) is 56.0 cm³/mol. The zero-order valence-corrected chi connectivity index (χ0v) is 10.1. The van der Waals surface area contributed by atoms with Gasteiger partial charge in [0.15, 0.2) is 0 Å². The molecule has 0 saturated heterocycles. The average molecular weight is 219 g/mol. The molecule has 0 amide bonds. The predicted octanol–water partition coefficient (Wildman–Crippen LogP) is 0.871. The van der Waals surface area contributed by atoms with E-state index in [1.165, 1.54) is 14.2 Å². The van der Waals surface area contributed by atoms with Crippen molar-refractivity contribution in [2.45, 2.75) is 32.8 Å². The average Bonchev–Trinajstić information content (AvgIpc) is 2.13. The highest BCUT2D eigenvalue weighted by Crippen LogP contribution is 2.30. The van der Waals surface area contributed by atoms with Crippen LogP contribution in [0.15, 0.2) is 0 Å². The highest BCUT2D eigenvalue weighted by molar-refractivity contribution is 5.79. The van der Waals surface area contributed by atoms with Crippen molar-refractivity contribution in [3.63, 3.8) is 0 Å². The lowest BCUT2D eigenvalue weighted by Gasteiger charge is -2.33. The lowest BCUT2D eigenvalue weighted by molar-refractivity contribution is -0.183. The zero-order chi connectivity index (χ0) is 12.1. The second kappa shape index (κ2) is 5.44. The highest BCUT2D eigenvalue weighted by Gasteiger charge is 2.44. The van der Waals surface area contributed by atoms with E-state index in [-0.39, 0.29) is 12.0 Å². The Labute approximate surface area is 90.8 Å². The minimum absolute atomic E-state index is 0.0768. The quantitative estimate of drug-likeness (QED) is 0.549. The summed E-state index contributed by atoms with van der Waals surface area (Å²) in [4.78, 5) is 16.4. The summed E-state index contributed by atoms with van der Waals surface area (Å²) in [6.07, 6.45) is 0.428. The van der Waals surface area contributed by atoms with Crippen LogP contribution in [0.3, 0.4) is 0 Å². The van der Waals surface area contributed by atoms with E-state index in [4.69, 9.17) is 15.5 Å². The number of esters is 1. The molecule has 0 aromatic rings. The van der Waals surface area contributed by atoms with Crippen LogP contribution in [0.5, 0.6) is 0 Å². The molecular weight excluding hydrogens is 198 g/mol. The first kappa shape index (κ1) is 14.3. The van der Waals surface area contributed by atoms with E-state index < -0.39 is 11.6 Å². The molecule has 0 aliphatic rings. The molecule has 0 heterocycles. The number of nitrogens with two attached hydrogens (primary N) is 1. The number of hydrogen-bond donors (Lipinski definition) is 1. The molecule has 15 heavy (non-hydrogen) atoms. The lowest BCUT2D eigenvalue weighted by Crippen LogP contribution is -2.50. The molecule has 5 heteroatoms. The van der Waals surface area contributed by atoms with Crippen LogP contribution in [0, 0.1) is 5.41 Å². The maximum Gasteiger partial charge on any atom is 0.342 e. The van der Waals surface area contributed by atoms with Crippen molar-refractivity contribution >= 4 is 5.97 Å². The third kappa shape index (κ3) is 4.15. The Bertz CT molecular complexity index is 212. The van der Waals surface area contributed by atoms with Gasteiger partial charge in [-0.2, -0.15) is 0 Å². The van der Waals surface area contributed by atoms with E-state index in [1.807, 2.05) is 20.8 Å². The fraction of sp³-hybridized carbons (Fsp3) is 0.900. The third-order valence-electron chi connectivity index (χ3n) is 1.98. The van der Waals surface area contributed by atoms with Gasteiger partial charge in [-0.1, -0.05) is 20.8 Å². The molecule has 0 spiro atoms. The van der Waals surface area contributed by atoms with Gasteiger partial charge >= 0.3 is 5.97 Å². The van der Waals surface area contributed by atoms with Gasteiger partial charge in [-0.3, -0.25) is 4.84 Å². The van der Waals surface area contributed by atoms with E-state index in [0.29, 0.717) is 6.42 Å². The second-order valence-electron chi connectivity index (χ2n) is 4.77. The number of methoxy groups -OCH3 is 2. The van der Waals surface area contributed by atoms with E-state index in [0.717, 1.165) is 0 Å². The Morgan fingerprint density at radius 3 is 2.07 bits per heavy atom. The molecule has 2 N–H and O–H groups in total. The first-order chi connectivity index (χ1) is 6.81. The summed E-state index contributed by atoms with van der Waals surface area (Å²) >= 11 is 0. The number of ether oxygens (including phenoxy) is 2. The van der Waals surface area contributed by atoms with Crippen molar-refractivity contribution in [1.82, 2.24) is 0 Å². The van der Waals surface area contributed by atoms with Crippen LogP contribution >= 0.6 is 0 Å². The maximum atomic E-state index is 11.6. The standard InChI is InChI=1S/C10H21NO4/c1-9(2,3)6-10(15-11,7-13-4)8(12)14-5/h6-7,11H2,1-5H3/t10-/m0/s1. The smallest absolute Gasteiger partial charge is 0.342 e. The Morgan fingerprint density at radius 1 is 1.27 bits per heavy atom. The van der Waals surface area contributed by atoms with Gasteiger partial charge in [0.05, 0.1) is 13.7 Å². The monoisotopic (exact) mass is 219 g/mol. The summed E-state index contributed by atoms with van der Waals surface area (Å²) in [5.41, 5.74) is -1.34. The molecule has 0 aromatic heterocycles. The molecule has 0 saturated carbocycles. The van der Waals surface area contributed by atoms with Gasteiger partial charge in [0.1, 0.15) is 0 Å². The molecule has 0 aliphatic heterocycles. The number of carbonyl (C=O) groups is 1. The van der Waals surface area contributed by atoms with Gasteiger partial charge in [-0.25, -0.2) is 10.7 Å². The Morgan fingerprint density at radius 2 is 1.80 bits per heavy atom. The maximum absolute atomic E-state index is 11.6. The van der Waals surface area contributed by atoms with Crippen molar-refractivity contribution in [2.75, 3.05) is 20.8 Å². The number of carbonyl (C=O) groups excluding carboxylic acids is 1. The largest absolute Gasteiger partial charge is 0.467 e. The summed E-state index contributed by atoms with van der Waals surface area (Å²) in [5, 5.41) is 0. The first-order valence-corrected chi connectivity index (χ1v) is 4.76. The fourth-order valence-corrected chi connectivity index (χ4v) is 1.58. The van der Waals surface area contributed by atoms with Gasteiger partial charge in [-0.15, -0.1) is 0 Å². The molecule has 0 fully saturated rings. The van der Waals surface area contributed by atoms with Crippen LogP contribution in [0.4, 0.5) is 0 Å². The van der Waals surface area contributed by atoms with Crippen LogP contribution in [0.1, 0.15) is 27.2 Å². The topological polar surface area (TPSA) is 70.8 Å². The Kier molecular flexibility index (Phi) is 5.20.